The van der Waals surface area contributed by atoms with Gasteiger partial charge in [0.1, 0.15) is 5.82 Å². The summed E-state index contributed by atoms with van der Waals surface area (Å²) in [5.41, 5.74) is 4.47. The largest absolute Gasteiger partial charge is 0.478 e. The minimum absolute atomic E-state index is 0.0240. The molecule has 7 heteroatoms. The fourth-order valence-corrected chi connectivity index (χ4v) is 4.90. The van der Waals surface area contributed by atoms with Crippen molar-refractivity contribution in [3.05, 3.63) is 106 Å². The van der Waals surface area contributed by atoms with Crippen LogP contribution in [0.5, 0.6) is 0 Å². The Morgan fingerprint density at radius 2 is 1.85 bits per heavy atom. The van der Waals surface area contributed by atoms with E-state index in [2.05, 4.69) is 29.1 Å². The van der Waals surface area contributed by atoms with Crippen molar-refractivity contribution in [2.75, 3.05) is 0 Å². The van der Waals surface area contributed by atoms with Crippen LogP contribution in [0.15, 0.2) is 90.0 Å². The van der Waals surface area contributed by atoms with Gasteiger partial charge < -0.3 is 15.4 Å². The molecule has 4 aromatic rings. The second-order valence-electron chi connectivity index (χ2n) is 9.25. The number of carboxylic acids is 1. The highest BCUT2D eigenvalue weighted by atomic mass is 35.5. The summed E-state index contributed by atoms with van der Waals surface area (Å²) < 4.78 is 0. The molecule has 39 heavy (non-hydrogen) atoms. The fraction of sp³-hybridized carbons (Fsp3) is 0.156. The monoisotopic (exact) mass is 535 g/mol. The number of nitrogens with zero attached hydrogens (tertiary/aromatic N) is 1. The molecule has 0 saturated heterocycles. The van der Waals surface area contributed by atoms with Crippen molar-refractivity contribution in [1.82, 2.24) is 15.3 Å². The van der Waals surface area contributed by atoms with Crippen molar-refractivity contribution in [3.8, 4) is 23.2 Å². The highest BCUT2D eigenvalue weighted by Crippen LogP contribution is 2.35. The molecule has 0 bridgehead atoms. The van der Waals surface area contributed by atoms with Crippen LogP contribution in [-0.2, 0) is 9.59 Å². The summed E-state index contributed by atoms with van der Waals surface area (Å²) >= 11 is 6.38. The average molecular weight is 536 g/mol. The maximum atomic E-state index is 13.3. The van der Waals surface area contributed by atoms with Crippen molar-refractivity contribution in [2.45, 2.75) is 32.2 Å². The standard InChI is InChI=1S/C32H26ClN3O3/c1-2-9-27(20-10-4-3-5-11-20)36-31(37)21-12-8-13-23(26(18-21)32(38)39)25-19-22(33)16-17-24(25)30-34-28-14-6-7-15-29(28)35-30/h3-7,10-11,14-19,27H,2,9,13H2,1H3,(H,34,35)(H,36,37)(H,38,39)/t27-/m1/s1. The van der Waals surface area contributed by atoms with E-state index in [4.69, 9.17) is 16.6 Å². The van der Waals surface area contributed by atoms with E-state index in [0.717, 1.165) is 29.4 Å². The lowest BCUT2D eigenvalue weighted by Gasteiger charge is -2.18. The number of H-pyrrole nitrogens is 1. The van der Waals surface area contributed by atoms with Gasteiger partial charge in [0.15, 0.2) is 0 Å². The molecular weight excluding hydrogens is 510 g/mol. The summed E-state index contributed by atoms with van der Waals surface area (Å²) in [4.78, 5) is 33.9. The molecule has 1 aromatic heterocycles. The van der Waals surface area contributed by atoms with Crippen LogP contribution in [-0.4, -0.2) is 27.0 Å². The molecule has 3 aromatic carbocycles. The molecule has 0 radical (unpaired) electrons. The van der Waals surface area contributed by atoms with Gasteiger partial charge in [0.25, 0.3) is 5.91 Å². The van der Waals surface area contributed by atoms with Crippen LogP contribution in [0.25, 0.3) is 28.0 Å². The topological polar surface area (TPSA) is 95.1 Å². The first-order chi connectivity index (χ1) is 18.9. The highest BCUT2D eigenvalue weighted by Gasteiger charge is 2.23. The number of aromatic nitrogens is 2. The third kappa shape index (κ3) is 5.64. The number of allylic oxidation sites excluding steroid dienone is 1. The van der Waals surface area contributed by atoms with Gasteiger partial charge in [-0.2, -0.15) is 0 Å². The quantitative estimate of drug-likeness (QED) is 0.218. The lowest BCUT2D eigenvalue weighted by Crippen LogP contribution is -2.29. The second kappa shape index (κ2) is 11.4. The third-order valence-electron chi connectivity index (χ3n) is 6.61. The van der Waals surface area contributed by atoms with Gasteiger partial charge in [-0.05, 0) is 59.5 Å². The summed E-state index contributed by atoms with van der Waals surface area (Å²) in [6.45, 7) is 2.05. The molecule has 0 spiro atoms. The van der Waals surface area contributed by atoms with E-state index in [1.807, 2.05) is 60.7 Å². The van der Waals surface area contributed by atoms with Gasteiger partial charge in [-0.25, -0.2) is 9.78 Å². The predicted molar refractivity (Wildman–Crippen MR) is 154 cm³/mol. The first-order valence-electron chi connectivity index (χ1n) is 12.7. The first-order valence-corrected chi connectivity index (χ1v) is 13.1. The molecule has 1 heterocycles. The molecule has 1 aliphatic carbocycles. The van der Waals surface area contributed by atoms with Crippen molar-refractivity contribution in [1.29, 1.82) is 0 Å². The van der Waals surface area contributed by atoms with Gasteiger partial charge in [-0.1, -0.05) is 79.3 Å². The number of carboxylic acid groups (broad SMARTS) is 1. The average Bonchev–Trinajstić information content (AvgIpc) is 3.24. The highest BCUT2D eigenvalue weighted by molar-refractivity contribution is 6.31. The minimum Gasteiger partial charge on any atom is -0.478 e. The van der Waals surface area contributed by atoms with Gasteiger partial charge in [0, 0.05) is 17.0 Å². The summed E-state index contributed by atoms with van der Waals surface area (Å²) in [5, 5.41) is 13.7. The van der Waals surface area contributed by atoms with E-state index in [1.165, 1.54) is 6.08 Å². The van der Waals surface area contributed by atoms with Crippen molar-refractivity contribution >= 4 is 40.1 Å². The zero-order valence-electron chi connectivity index (χ0n) is 21.3. The van der Waals surface area contributed by atoms with E-state index >= 15 is 0 Å². The molecule has 0 fully saturated rings. The molecule has 6 nitrogen and oxygen atoms in total. The van der Waals surface area contributed by atoms with E-state index in [-0.39, 0.29) is 23.6 Å². The van der Waals surface area contributed by atoms with Crippen LogP contribution in [0.3, 0.4) is 0 Å². The number of benzene rings is 3. The number of aliphatic carboxylic acids is 1. The van der Waals surface area contributed by atoms with Crippen LogP contribution >= 0.6 is 11.6 Å². The molecule has 0 unspecified atom stereocenters. The Morgan fingerprint density at radius 1 is 1.08 bits per heavy atom. The molecule has 1 amide bonds. The zero-order chi connectivity index (χ0) is 27.4. The number of rotatable bonds is 8. The number of halogens is 1. The van der Waals surface area contributed by atoms with Crippen molar-refractivity contribution in [2.24, 2.45) is 0 Å². The lowest BCUT2D eigenvalue weighted by molar-refractivity contribution is -0.132. The summed E-state index contributed by atoms with van der Waals surface area (Å²) in [6.07, 6.45) is 3.10. The molecule has 1 atom stereocenters. The number of nitrogens with one attached hydrogen (secondary N) is 2. The molecule has 5 rings (SSSR count). The van der Waals surface area contributed by atoms with Gasteiger partial charge in [-0.15, -0.1) is 0 Å². The molecule has 0 aliphatic heterocycles. The Kier molecular flexibility index (Phi) is 7.62. The Balaban J connectivity index is 1.56. The maximum Gasteiger partial charge on any atom is 0.336 e. The number of hydrogen-bond donors (Lipinski definition) is 3. The summed E-state index contributed by atoms with van der Waals surface area (Å²) in [6, 6.07) is 22.4. The third-order valence-corrected chi connectivity index (χ3v) is 6.85. The number of hydrogen-bond acceptors (Lipinski definition) is 3. The number of carbonyl (C=O) groups is 2. The van der Waals surface area contributed by atoms with E-state index in [9.17, 15) is 14.7 Å². The number of amides is 1. The molecule has 0 saturated carbocycles. The fourth-order valence-electron chi connectivity index (χ4n) is 4.73. The Labute approximate surface area is 231 Å². The van der Waals surface area contributed by atoms with Gasteiger partial charge in [0.2, 0.25) is 0 Å². The SMILES string of the molecule is CCC[C@@H](NC(=O)C1=CC(C(=O)O)=C(c2cc(Cl)ccc2-c2nc3ccccc3[nH]2)CC#C1)c1ccccc1. The zero-order valence-corrected chi connectivity index (χ0v) is 22.0. The van der Waals surface area contributed by atoms with Gasteiger partial charge >= 0.3 is 5.97 Å². The maximum absolute atomic E-state index is 13.3. The number of aromatic amines is 1. The Bertz CT molecular complexity index is 1660. The summed E-state index contributed by atoms with van der Waals surface area (Å²) in [5.74, 6) is 4.92. The smallest absolute Gasteiger partial charge is 0.336 e. The van der Waals surface area contributed by atoms with E-state index in [1.54, 1.807) is 12.1 Å². The first kappa shape index (κ1) is 26.0. The predicted octanol–water partition coefficient (Wildman–Crippen LogP) is 6.71. The normalized spacial score (nSPS) is 13.7. The Morgan fingerprint density at radius 3 is 2.59 bits per heavy atom. The molecule has 194 valence electrons. The van der Waals surface area contributed by atoms with Crippen LogP contribution in [0.4, 0.5) is 0 Å². The number of carbonyl (C=O) groups excluding carboxylic acids is 1. The number of imidazole rings is 1. The number of para-hydroxylation sites is 2. The number of fused-ring (bicyclic) bond motifs is 1. The van der Waals surface area contributed by atoms with Crippen LogP contribution in [0.2, 0.25) is 5.02 Å². The minimum atomic E-state index is -1.16. The molecule has 1 aliphatic rings. The van der Waals surface area contributed by atoms with Crippen molar-refractivity contribution in [3.63, 3.8) is 0 Å². The van der Waals surface area contributed by atoms with E-state index in [0.29, 0.717) is 27.5 Å². The lowest BCUT2D eigenvalue weighted by atomic mass is 9.92. The van der Waals surface area contributed by atoms with E-state index < -0.39 is 11.9 Å². The second-order valence-corrected chi connectivity index (χ2v) is 9.69. The van der Waals surface area contributed by atoms with Crippen LogP contribution < -0.4 is 5.32 Å². The van der Waals surface area contributed by atoms with Gasteiger partial charge in [0.05, 0.1) is 28.2 Å². The summed E-state index contributed by atoms with van der Waals surface area (Å²) in [7, 11) is 0. The van der Waals surface area contributed by atoms with Crippen molar-refractivity contribution < 1.29 is 14.7 Å². The Hall–Kier alpha value is -4.60. The van der Waals surface area contributed by atoms with Crippen LogP contribution in [0, 0.1) is 11.8 Å². The molecular formula is C32H26ClN3O3. The van der Waals surface area contributed by atoms with Gasteiger partial charge in [-0.3, -0.25) is 4.79 Å². The molecule has 3 N–H and O–H groups in total. The van der Waals surface area contributed by atoms with Crippen LogP contribution in [0.1, 0.15) is 43.4 Å².